The van der Waals surface area contributed by atoms with E-state index in [2.05, 4.69) is 16.7 Å². The summed E-state index contributed by atoms with van der Waals surface area (Å²) in [7, 11) is 0. The number of aryl methyl sites for hydroxylation is 2. The van der Waals surface area contributed by atoms with Crippen LogP contribution in [0.15, 0.2) is 27.8 Å². The zero-order valence-corrected chi connectivity index (χ0v) is 17.9. The quantitative estimate of drug-likeness (QED) is 0.716. The van der Waals surface area contributed by atoms with Crippen molar-refractivity contribution in [2.45, 2.75) is 52.4 Å². The summed E-state index contributed by atoms with van der Waals surface area (Å²) in [4.78, 5) is 38.7. The summed E-state index contributed by atoms with van der Waals surface area (Å²) in [5, 5.41) is 6.33. The van der Waals surface area contributed by atoms with Crippen molar-refractivity contribution < 1.29 is 4.79 Å². The molecule has 0 radical (unpaired) electrons. The molecule has 0 aromatic heterocycles. The molecule has 30 heavy (non-hydrogen) atoms. The molecule has 0 spiro atoms. The Labute approximate surface area is 177 Å². The molecule has 2 aromatic carbocycles. The van der Waals surface area contributed by atoms with Crippen molar-refractivity contribution in [3.8, 4) is 0 Å². The van der Waals surface area contributed by atoms with Gasteiger partial charge in [-0.2, -0.15) is 0 Å². The average Bonchev–Trinajstić information content (AvgIpc) is 3.23. The summed E-state index contributed by atoms with van der Waals surface area (Å²) in [6.07, 6.45) is 5.76. The summed E-state index contributed by atoms with van der Waals surface area (Å²) in [5.74, 6) is 0.560. The van der Waals surface area contributed by atoms with Crippen molar-refractivity contribution >= 4 is 23.0 Å². The summed E-state index contributed by atoms with van der Waals surface area (Å²) in [6, 6.07) is 6.10. The van der Waals surface area contributed by atoms with Gasteiger partial charge in [-0.25, -0.2) is 0 Å². The molecule has 1 saturated carbocycles. The molecule has 2 fully saturated rings. The van der Waals surface area contributed by atoms with Crippen LogP contribution >= 0.6 is 0 Å². The zero-order chi connectivity index (χ0) is 21.3. The van der Waals surface area contributed by atoms with E-state index in [1.54, 1.807) is 0 Å². The smallest absolute Gasteiger partial charge is 0.253 e. The van der Waals surface area contributed by atoms with E-state index in [0.29, 0.717) is 23.8 Å². The Morgan fingerprint density at radius 1 is 0.967 bits per heavy atom. The van der Waals surface area contributed by atoms with Crippen LogP contribution in [0.1, 0.15) is 49.7 Å². The van der Waals surface area contributed by atoms with Gasteiger partial charge in [0.2, 0.25) is 5.91 Å². The molecule has 0 atom stereocenters. The fraction of sp³-hybridized carbons (Fsp3) is 0.542. The van der Waals surface area contributed by atoms with Crippen molar-refractivity contribution in [2.24, 2.45) is 11.8 Å². The molecule has 0 unspecified atom stereocenters. The minimum absolute atomic E-state index is 0.0355. The highest BCUT2D eigenvalue weighted by Crippen LogP contribution is 2.31. The molecule has 160 valence electrons. The number of carbonyl (C=O) groups excluding carboxylic acids is 1. The Hall–Kier alpha value is -2.63. The molecule has 1 saturated heterocycles. The van der Waals surface area contributed by atoms with Crippen LogP contribution in [0, 0.1) is 25.7 Å². The summed E-state index contributed by atoms with van der Waals surface area (Å²) >= 11 is 0. The van der Waals surface area contributed by atoms with Gasteiger partial charge in [-0.3, -0.25) is 14.4 Å². The normalized spacial score (nSPS) is 21.7. The van der Waals surface area contributed by atoms with Crippen molar-refractivity contribution in [2.75, 3.05) is 35.2 Å². The maximum absolute atomic E-state index is 12.7. The van der Waals surface area contributed by atoms with Crippen LogP contribution in [-0.4, -0.2) is 25.5 Å². The minimum Gasteiger partial charge on any atom is -0.380 e. The van der Waals surface area contributed by atoms with Crippen LogP contribution in [0.25, 0.3) is 0 Å². The maximum Gasteiger partial charge on any atom is 0.253 e. The van der Waals surface area contributed by atoms with E-state index in [0.717, 1.165) is 68.4 Å². The second-order valence-electron chi connectivity index (χ2n) is 9.04. The molecular weight excluding hydrogens is 378 g/mol. The van der Waals surface area contributed by atoms with Crippen LogP contribution in [0.5, 0.6) is 0 Å². The van der Waals surface area contributed by atoms with E-state index in [9.17, 15) is 14.4 Å². The number of amides is 1. The molecule has 0 bridgehead atoms. The molecule has 4 rings (SSSR count). The number of anilines is 3. The van der Waals surface area contributed by atoms with Crippen LogP contribution in [0.2, 0.25) is 0 Å². The molecule has 1 heterocycles. The second kappa shape index (κ2) is 8.62. The van der Waals surface area contributed by atoms with E-state index in [4.69, 9.17) is 0 Å². The summed E-state index contributed by atoms with van der Waals surface area (Å²) in [6.45, 7) is 6.48. The average molecular weight is 410 g/mol. The first kappa shape index (κ1) is 20.6. The lowest BCUT2D eigenvalue weighted by Crippen LogP contribution is -2.42. The maximum atomic E-state index is 12.7. The van der Waals surface area contributed by atoms with Crippen molar-refractivity contribution in [1.29, 1.82) is 0 Å². The number of nitrogens with zero attached hydrogens (tertiary/aromatic N) is 1. The minimum atomic E-state index is -0.376. The van der Waals surface area contributed by atoms with Crippen molar-refractivity contribution in [3.63, 3.8) is 0 Å². The summed E-state index contributed by atoms with van der Waals surface area (Å²) < 4.78 is 0. The predicted octanol–water partition coefficient (Wildman–Crippen LogP) is 3.36. The fourth-order valence-corrected chi connectivity index (χ4v) is 4.95. The van der Waals surface area contributed by atoms with Crippen LogP contribution in [0.3, 0.4) is 0 Å². The van der Waals surface area contributed by atoms with Gasteiger partial charge in [0.05, 0.1) is 0 Å². The Kier molecular flexibility index (Phi) is 5.93. The Bertz CT molecular complexity index is 972. The van der Waals surface area contributed by atoms with E-state index in [1.165, 1.54) is 0 Å². The van der Waals surface area contributed by atoms with Gasteiger partial charge >= 0.3 is 0 Å². The van der Waals surface area contributed by atoms with Crippen LogP contribution in [-0.2, 0) is 4.79 Å². The van der Waals surface area contributed by atoms with Crippen LogP contribution in [0.4, 0.5) is 17.1 Å². The Morgan fingerprint density at radius 3 is 2.23 bits per heavy atom. The lowest BCUT2D eigenvalue weighted by atomic mass is 9.81. The number of carbonyl (C=O) groups is 1. The summed E-state index contributed by atoms with van der Waals surface area (Å²) in [5.41, 5.74) is 3.55. The predicted molar refractivity (Wildman–Crippen MR) is 121 cm³/mol. The number of hydrogen-bond acceptors (Lipinski definition) is 5. The van der Waals surface area contributed by atoms with E-state index in [1.807, 2.05) is 30.9 Å². The topological polar surface area (TPSA) is 78.5 Å². The van der Waals surface area contributed by atoms with Gasteiger partial charge in [0, 0.05) is 31.2 Å². The first-order chi connectivity index (χ1) is 14.4. The van der Waals surface area contributed by atoms with Crippen LogP contribution < -0.4 is 26.4 Å². The standard InChI is InChI=1S/C24H31N3O3/c1-15-11-16(2)13-19(12-15)26-24(30)18-7-5-17(6-8-18)14-25-20-21(23(29)22(20)28)27-9-3-4-10-27/h11-13,17-18,25H,3-10,14H2,1-2H3,(H,26,30). The molecule has 2 N–H and O–H groups in total. The Balaban J connectivity index is 1.27. The third kappa shape index (κ3) is 4.27. The van der Waals surface area contributed by atoms with E-state index in [-0.39, 0.29) is 22.7 Å². The largest absolute Gasteiger partial charge is 0.380 e. The molecule has 1 aliphatic heterocycles. The number of rotatable bonds is 6. The third-order valence-corrected chi connectivity index (χ3v) is 6.58. The highest BCUT2D eigenvalue weighted by atomic mass is 16.2. The highest BCUT2D eigenvalue weighted by molar-refractivity contribution is 5.92. The number of benzene rings is 1. The Morgan fingerprint density at radius 2 is 1.60 bits per heavy atom. The zero-order valence-electron chi connectivity index (χ0n) is 17.9. The van der Waals surface area contributed by atoms with Gasteiger partial charge in [-0.1, -0.05) is 6.07 Å². The lowest BCUT2D eigenvalue weighted by molar-refractivity contribution is -0.121. The van der Waals surface area contributed by atoms with E-state index < -0.39 is 0 Å². The fourth-order valence-electron chi connectivity index (χ4n) is 4.95. The number of nitrogens with one attached hydrogen (secondary N) is 2. The van der Waals surface area contributed by atoms with E-state index >= 15 is 0 Å². The monoisotopic (exact) mass is 409 g/mol. The molecule has 1 amide bonds. The number of hydrogen-bond donors (Lipinski definition) is 2. The molecule has 6 nitrogen and oxygen atoms in total. The first-order valence-electron chi connectivity index (χ1n) is 11.1. The molecule has 2 aliphatic rings. The molecule has 2 aromatic rings. The third-order valence-electron chi connectivity index (χ3n) is 6.58. The van der Waals surface area contributed by atoms with Gasteiger partial charge in [-0.05, 0) is 81.5 Å². The van der Waals surface area contributed by atoms with Gasteiger partial charge < -0.3 is 15.5 Å². The molecular formula is C24H31N3O3. The van der Waals surface area contributed by atoms with Gasteiger partial charge in [0.1, 0.15) is 11.4 Å². The van der Waals surface area contributed by atoms with Gasteiger partial charge in [-0.15, -0.1) is 0 Å². The lowest BCUT2D eigenvalue weighted by Gasteiger charge is -2.29. The van der Waals surface area contributed by atoms with Crippen molar-refractivity contribution in [3.05, 3.63) is 49.8 Å². The van der Waals surface area contributed by atoms with Crippen molar-refractivity contribution in [1.82, 2.24) is 0 Å². The molecule has 6 heteroatoms. The molecule has 1 aliphatic carbocycles. The SMILES string of the molecule is Cc1cc(C)cc(NC(=O)C2CCC(CNc3c(N4CCCC4)c(=O)c3=O)CC2)c1. The van der Waals surface area contributed by atoms with Gasteiger partial charge in [0.25, 0.3) is 10.9 Å². The second-order valence-corrected chi connectivity index (χ2v) is 9.04. The van der Waals surface area contributed by atoms with Gasteiger partial charge in [0.15, 0.2) is 0 Å². The first-order valence-corrected chi connectivity index (χ1v) is 11.1. The highest BCUT2D eigenvalue weighted by Gasteiger charge is 2.30.